The number of aryl methyl sites for hydroxylation is 2. The molecule has 0 spiro atoms. The number of carbonyl (C=O) groups excluding carboxylic acids is 2. The molecule has 1 N–H and O–H groups in total. The fourth-order valence-electron chi connectivity index (χ4n) is 3.28. The van der Waals surface area contributed by atoms with Gasteiger partial charge in [0.2, 0.25) is 11.8 Å². The topological polar surface area (TPSA) is 49.4 Å². The Kier molecular flexibility index (Phi) is 6.22. The molecular formula is C18H28N2O2S. The third kappa shape index (κ3) is 4.56. The molecule has 2 atom stereocenters. The molecule has 0 aliphatic carbocycles. The highest BCUT2D eigenvalue weighted by atomic mass is 32.1. The molecular weight excluding hydrogens is 308 g/mol. The standard InChI is InChI=1S/C18H28N2O2S/c1-5-7-17(21)20-9-6-8-15(11-20)18(22)19-13(3)16-10-12(2)23-14(16)4/h10,13,15H,5-9,11H2,1-4H3,(H,19,22)/t13-,15-/m1/s1. The van der Waals surface area contributed by atoms with Gasteiger partial charge < -0.3 is 10.2 Å². The summed E-state index contributed by atoms with van der Waals surface area (Å²) >= 11 is 1.77. The Hall–Kier alpha value is -1.36. The summed E-state index contributed by atoms with van der Waals surface area (Å²) in [6, 6.07) is 2.18. The van der Waals surface area contributed by atoms with Crippen molar-refractivity contribution in [1.82, 2.24) is 10.2 Å². The number of rotatable bonds is 5. The Morgan fingerprint density at radius 2 is 2.17 bits per heavy atom. The molecule has 128 valence electrons. The Balaban J connectivity index is 1.94. The van der Waals surface area contributed by atoms with Gasteiger partial charge in [0.25, 0.3) is 0 Å². The molecule has 5 heteroatoms. The number of carbonyl (C=O) groups is 2. The normalized spacial score (nSPS) is 19.5. The van der Waals surface area contributed by atoms with Crippen LogP contribution in [0.2, 0.25) is 0 Å². The molecule has 1 saturated heterocycles. The largest absolute Gasteiger partial charge is 0.349 e. The second-order valence-corrected chi connectivity index (χ2v) is 7.99. The zero-order chi connectivity index (χ0) is 17.0. The molecule has 2 heterocycles. The van der Waals surface area contributed by atoms with E-state index in [1.54, 1.807) is 11.3 Å². The fraction of sp³-hybridized carbons (Fsp3) is 0.667. The summed E-state index contributed by atoms with van der Waals surface area (Å²) in [5, 5.41) is 3.14. The number of nitrogens with zero attached hydrogens (tertiary/aromatic N) is 1. The molecule has 1 aromatic rings. The molecule has 2 amide bonds. The molecule has 1 aliphatic heterocycles. The van der Waals surface area contributed by atoms with Crippen molar-refractivity contribution in [3.63, 3.8) is 0 Å². The second kappa shape index (κ2) is 7.95. The van der Waals surface area contributed by atoms with Gasteiger partial charge >= 0.3 is 0 Å². The minimum absolute atomic E-state index is 0.0224. The van der Waals surface area contributed by atoms with Crippen molar-refractivity contribution in [2.75, 3.05) is 13.1 Å². The summed E-state index contributed by atoms with van der Waals surface area (Å²) in [6.07, 6.45) is 3.23. The Labute approximate surface area is 143 Å². The SMILES string of the molecule is CCCC(=O)N1CCC[C@@H](C(=O)N[C@H](C)c2cc(C)sc2C)C1. The van der Waals surface area contributed by atoms with Gasteiger partial charge in [-0.25, -0.2) is 0 Å². The van der Waals surface area contributed by atoms with Crippen LogP contribution in [0.3, 0.4) is 0 Å². The lowest BCUT2D eigenvalue weighted by molar-refractivity contribution is -0.135. The lowest BCUT2D eigenvalue weighted by Gasteiger charge is -2.32. The maximum absolute atomic E-state index is 12.6. The van der Waals surface area contributed by atoms with Crippen LogP contribution in [0.25, 0.3) is 0 Å². The predicted molar refractivity (Wildman–Crippen MR) is 94.6 cm³/mol. The molecule has 23 heavy (non-hydrogen) atoms. The Morgan fingerprint density at radius 1 is 1.43 bits per heavy atom. The molecule has 0 radical (unpaired) electrons. The number of hydrogen-bond donors (Lipinski definition) is 1. The lowest BCUT2D eigenvalue weighted by atomic mass is 9.96. The third-order valence-electron chi connectivity index (χ3n) is 4.51. The highest BCUT2D eigenvalue weighted by molar-refractivity contribution is 7.12. The van der Waals surface area contributed by atoms with Crippen molar-refractivity contribution in [1.29, 1.82) is 0 Å². The van der Waals surface area contributed by atoms with E-state index in [0.717, 1.165) is 25.8 Å². The maximum Gasteiger partial charge on any atom is 0.225 e. The number of likely N-dealkylation sites (tertiary alicyclic amines) is 1. The number of hydrogen-bond acceptors (Lipinski definition) is 3. The summed E-state index contributed by atoms with van der Waals surface area (Å²) in [5.74, 6) is 0.184. The monoisotopic (exact) mass is 336 g/mol. The Morgan fingerprint density at radius 3 is 2.78 bits per heavy atom. The molecule has 4 nitrogen and oxygen atoms in total. The maximum atomic E-state index is 12.6. The van der Waals surface area contributed by atoms with Crippen LogP contribution in [-0.4, -0.2) is 29.8 Å². The van der Waals surface area contributed by atoms with Crippen molar-refractivity contribution in [2.45, 2.75) is 59.4 Å². The zero-order valence-corrected chi connectivity index (χ0v) is 15.5. The second-order valence-electron chi connectivity index (χ2n) is 6.53. The molecule has 1 aromatic heterocycles. The summed E-state index contributed by atoms with van der Waals surface area (Å²) < 4.78 is 0. The first-order chi connectivity index (χ1) is 10.9. The van der Waals surface area contributed by atoms with Crippen LogP contribution in [0.15, 0.2) is 6.07 Å². The zero-order valence-electron chi connectivity index (χ0n) is 14.6. The highest BCUT2D eigenvalue weighted by Gasteiger charge is 2.29. The number of thiophene rings is 1. The highest BCUT2D eigenvalue weighted by Crippen LogP contribution is 2.27. The van der Waals surface area contributed by atoms with Crippen LogP contribution in [0.1, 0.15) is 60.9 Å². The molecule has 0 unspecified atom stereocenters. The summed E-state index contributed by atoms with van der Waals surface area (Å²) in [5.41, 5.74) is 1.20. The van der Waals surface area contributed by atoms with Gasteiger partial charge in [-0.05, 0) is 51.7 Å². The van der Waals surface area contributed by atoms with Gasteiger partial charge in [0.05, 0.1) is 12.0 Å². The van der Waals surface area contributed by atoms with E-state index < -0.39 is 0 Å². The van der Waals surface area contributed by atoms with Gasteiger partial charge in [-0.2, -0.15) is 0 Å². The molecule has 0 saturated carbocycles. The number of amides is 2. The number of nitrogens with one attached hydrogen (secondary N) is 1. The first-order valence-corrected chi connectivity index (χ1v) is 9.39. The van der Waals surface area contributed by atoms with Crippen molar-refractivity contribution in [3.05, 3.63) is 21.4 Å². The van der Waals surface area contributed by atoms with Gasteiger partial charge in [-0.3, -0.25) is 9.59 Å². The number of piperidine rings is 1. The Bertz CT molecular complexity index is 567. The fourth-order valence-corrected chi connectivity index (χ4v) is 4.30. The van der Waals surface area contributed by atoms with E-state index >= 15 is 0 Å². The van der Waals surface area contributed by atoms with Crippen molar-refractivity contribution in [3.8, 4) is 0 Å². The molecule has 0 aromatic carbocycles. The third-order valence-corrected chi connectivity index (χ3v) is 5.50. The van der Waals surface area contributed by atoms with Crippen molar-refractivity contribution >= 4 is 23.2 Å². The van der Waals surface area contributed by atoms with Gasteiger partial charge in [-0.1, -0.05) is 6.92 Å². The minimum atomic E-state index is -0.0768. The van der Waals surface area contributed by atoms with Crippen LogP contribution < -0.4 is 5.32 Å². The van der Waals surface area contributed by atoms with E-state index in [1.807, 2.05) is 18.7 Å². The van der Waals surface area contributed by atoms with Gasteiger partial charge in [0.1, 0.15) is 0 Å². The van der Waals surface area contributed by atoms with E-state index in [0.29, 0.717) is 13.0 Å². The molecule has 0 bridgehead atoms. The first kappa shape index (κ1) is 18.0. The average molecular weight is 337 g/mol. The van der Waals surface area contributed by atoms with Gasteiger partial charge in [0, 0.05) is 29.3 Å². The van der Waals surface area contributed by atoms with Gasteiger partial charge in [0.15, 0.2) is 0 Å². The van der Waals surface area contributed by atoms with Gasteiger partial charge in [-0.15, -0.1) is 11.3 Å². The van der Waals surface area contributed by atoms with Crippen molar-refractivity contribution in [2.24, 2.45) is 5.92 Å². The summed E-state index contributed by atoms with van der Waals surface area (Å²) in [7, 11) is 0. The van der Waals surface area contributed by atoms with E-state index in [-0.39, 0.29) is 23.8 Å². The van der Waals surface area contributed by atoms with E-state index in [4.69, 9.17) is 0 Å². The summed E-state index contributed by atoms with van der Waals surface area (Å²) in [4.78, 5) is 29.0. The quantitative estimate of drug-likeness (QED) is 0.893. The minimum Gasteiger partial charge on any atom is -0.349 e. The average Bonchev–Trinajstić information content (AvgIpc) is 2.86. The molecule has 1 aliphatic rings. The van der Waals surface area contributed by atoms with Crippen LogP contribution >= 0.6 is 11.3 Å². The molecule has 2 rings (SSSR count). The lowest BCUT2D eigenvalue weighted by Crippen LogP contribution is -2.45. The van der Waals surface area contributed by atoms with E-state index in [2.05, 4.69) is 25.2 Å². The van der Waals surface area contributed by atoms with Crippen LogP contribution in [0.4, 0.5) is 0 Å². The predicted octanol–water partition coefficient (Wildman–Crippen LogP) is 3.58. The van der Waals surface area contributed by atoms with Crippen LogP contribution in [0.5, 0.6) is 0 Å². The first-order valence-electron chi connectivity index (χ1n) is 8.57. The molecule has 1 fully saturated rings. The van der Waals surface area contributed by atoms with E-state index in [9.17, 15) is 9.59 Å². The summed E-state index contributed by atoms with van der Waals surface area (Å²) in [6.45, 7) is 9.60. The van der Waals surface area contributed by atoms with E-state index in [1.165, 1.54) is 15.3 Å². The van der Waals surface area contributed by atoms with Crippen LogP contribution in [-0.2, 0) is 9.59 Å². The van der Waals surface area contributed by atoms with Crippen molar-refractivity contribution < 1.29 is 9.59 Å². The van der Waals surface area contributed by atoms with Crippen LogP contribution in [0, 0.1) is 19.8 Å². The smallest absolute Gasteiger partial charge is 0.225 e.